The van der Waals surface area contributed by atoms with E-state index in [2.05, 4.69) is 10.3 Å². The van der Waals surface area contributed by atoms with Crippen LogP contribution in [0.2, 0.25) is 0 Å². The van der Waals surface area contributed by atoms with Crippen molar-refractivity contribution in [2.24, 2.45) is 0 Å². The minimum atomic E-state index is -0.663. The van der Waals surface area contributed by atoms with E-state index in [0.29, 0.717) is 60.7 Å². The topological polar surface area (TPSA) is 93.8 Å². The van der Waals surface area contributed by atoms with Crippen LogP contribution in [-0.4, -0.2) is 41.4 Å². The number of furan rings is 1. The molecule has 0 atom stereocenters. The quantitative estimate of drug-likeness (QED) is 0.640. The number of rotatable bonds is 6. The van der Waals surface area contributed by atoms with Gasteiger partial charge in [-0.3, -0.25) is 4.79 Å². The normalized spacial score (nSPS) is 16.1. The Balaban J connectivity index is 1.58. The van der Waals surface area contributed by atoms with Crippen molar-refractivity contribution in [1.29, 1.82) is 0 Å². The number of hydrogen-bond acceptors (Lipinski definition) is 7. The average molecular weight is 416 g/mol. The molecular formula is C21H24N2O5S. The van der Waals surface area contributed by atoms with E-state index < -0.39 is 5.54 Å². The van der Waals surface area contributed by atoms with E-state index in [1.165, 1.54) is 0 Å². The van der Waals surface area contributed by atoms with Crippen molar-refractivity contribution >= 4 is 28.2 Å². The minimum absolute atomic E-state index is 0.125. The van der Waals surface area contributed by atoms with Gasteiger partial charge >= 0.3 is 0 Å². The number of aromatic nitrogens is 1. The predicted molar refractivity (Wildman–Crippen MR) is 109 cm³/mol. The number of ether oxygens (including phenoxy) is 2. The summed E-state index contributed by atoms with van der Waals surface area (Å²) in [4.78, 5) is 18.4. The minimum Gasteiger partial charge on any atom is -0.488 e. The SMILES string of the molecule is Cc1ncc(COc2ccc3oc(C)c(C(=O)NC4(CO)CCOCC4)c3c2)s1. The lowest BCUT2D eigenvalue weighted by atomic mass is 9.90. The molecular weight excluding hydrogens is 392 g/mol. The van der Waals surface area contributed by atoms with Crippen molar-refractivity contribution in [1.82, 2.24) is 10.3 Å². The number of aliphatic hydroxyl groups is 1. The molecule has 3 heterocycles. The van der Waals surface area contributed by atoms with Crippen LogP contribution in [0.1, 0.15) is 38.8 Å². The van der Waals surface area contributed by atoms with E-state index in [9.17, 15) is 9.90 Å². The van der Waals surface area contributed by atoms with E-state index in [-0.39, 0.29) is 12.5 Å². The number of aliphatic hydroxyl groups excluding tert-OH is 1. The standard InChI is InChI=1S/C21H24N2O5S/c1-13-19(20(25)23-21(12-24)5-7-26-8-6-21)17-9-15(3-4-18(17)28-13)27-11-16-10-22-14(2)29-16/h3-4,9-10,24H,5-8,11-12H2,1-2H3,(H,23,25). The molecule has 1 aromatic carbocycles. The van der Waals surface area contributed by atoms with Crippen LogP contribution < -0.4 is 10.1 Å². The molecule has 4 rings (SSSR count). The summed E-state index contributed by atoms with van der Waals surface area (Å²) in [6.07, 6.45) is 2.96. The number of benzene rings is 1. The number of hydrogen-bond donors (Lipinski definition) is 2. The van der Waals surface area contributed by atoms with Crippen molar-refractivity contribution in [3.63, 3.8) is 0 Å². The molecule has 0 aliphatic carbocycles. The highest BCUT2D eigenvalue weighted by Gasteiger charge is 2.35. The Morgan fingerprint density at radius 3 is 2.83 bits per heavy atom. The summed E-state index contributed by atoms with van der Waals surface area (Å²) in [6.45, 7) is 5.05. The molecule has 1 fully saturated rings. The predicted octanol–water partition coefficient (Wildman–Crippen LogP) is 3.36. The molecule has 0 spiro atoms. The zero-order valence-corrected chi connectivity index (χ0v) is 17.3. The van der Waals surface area contributed by atoms with Gasteiger partial charge in [0.25, 0.3) is 5.91 Å². The molecule has 2 aromatic heterocycles. The fraction of sp³-hybridized carbons (Fsp3) is 0.429. The van der Waals surface area contributed by atoms with Crippen LogP contribution in [0.3, 0.4) is 0 Å². The van der Waals surface area contributed by atoms with Gasteiger partial charge < -0.3 is 24.3 Å². The van der Waals surface area contributed by atoms with Crippen LogP contribution in [0.5, 0.6) is 5.75 Å². The molecule has 2 N–H and O–H groups in total. The first-order valence-corrected chi connectivity index (χ1v) is 10.4. The Bertz CT molecular complexity index is 1020. The summed E-state index contributed by atoms with van der Waals surface area (Å²) in [6, 6.07) is 5.46. The highest BCUT2D eigenvalue weighted by Crippen LogP contribution is 2.31. The molecule has 0 saturated carbocycles. The smallest absolute Gasteiger partial charge is 0.255 e. The number of nitrogens with one attached hydrogen (secondary N) is 1. The van der Waals surface area contributed by atoms with Crippen LogP contribution in [-0.2, 0) is 11.3 Å². The summed E-state index contributed by atoms with van der Waals surface area (Å²) in [5.41, 5.74) is 0.431. The maximum absolute atomic E-state index is 13.1. The summed E-state index contributed by atoms with van der Waals surface area (Å²) < 4.78 is 17.0. The molecule has 0 bridgehead atoms. The molecule has 29 heavy (non-hydrogen) atoms. The monoisotopic (exact) mass is 416 g/mol. The molecule has 1 saturated heterocycles. The molecule has 1 amide bonds. The number of carbonyl (C=O) groups excluding carboxylic acids is 1. The number of amides is 1. The van der Waals surface area contributed by atoms with Crippen LogP contribution >= 0.6 is 11.3 Å². The average Bonchev–Trinajstić information content (AvgIpc) is 3.28. The third-order valence-corrected chi connectivity index (χ3v) is 6.13. The van der Waals surface area contributed by atoms with Crippen LogP contribution in [0, 0.1) is 13.8 Å². The molecule has 154 valence electrons. The Morgan fingerprint density at radius 1 is 1.34 bits per heavy atom. The van der Waals surface area contributed by atoms with Crippen molar-refractivity contribution in [2.45, 2.75) is 38.8 Å². The summed E-state index contributed by atoms with van der Waals surface area (Å²) >= 11 is 1.59. The lowest BCUT2D eigenvalue weighted by Crippen LogP contribution is -2.54. The lowest BCUT2D eigenvalue weighted by molar-refractivity contribution is 0.0125. The lowest BCUT2D eigenvalue weighted by Gasteiger charge is -2.36. The first-order chi connectivity index (χ1) is 14.0. The van der Waals surface area contributed by atoms with Crippen molar-refractivity contribution < 1.29 is 23.8 Å². The van der Waals surface area contributed by atoms with Gasteiger partial charge in [0.2, 0.25) is 0 Å². The zero-order chi connectivity index (χ0) is 20.4. The largest absolute Gasteiger partial charge is 0.488 e. The second-order valence-corrected chi connectivity index (χ2v) is 8.65. The van der Waals surface area contributed by atoms with Gasteiger partial charge in [-0.25, -0.2) is 4.98 Å². The maximum Gasteiger partial charge on any atom is 0.255 e. The van der Waals surface area contributed by atoms with Crippen LogP contribution in [0.25, 0.3) is 11.0 Å². The Morgan fingerprint density at radius 2 is 2.14 bits per heavy atom. The van der Waals surface area contributed by atoms with Gasteiger partial charge in [0.1, 0.15) is 23.7 Å². The van der Waals surface area contributed by atoms with E-state index >= 15 is 0 Å². The van der Waals surface area contributed by atoms with Gasteiger partial charge in [0.05, 0.1) is 27.6 Å². The molecule has 0 unspecified atom stereocenters. The Hall–Kier alpha value is -2.42. The second-order valence-electron chi connectivity index (χ2n) is 7.33. The molecule has 0 radical (unpaired) electrons. The summed E-state index contributed by atoms with van der Waals surface area (Å²) in [5, 5.41) is 14.6. The van der Waals surface area contributed by atoms with Crippen LogP contribution in [0.15, 0.2) is 28.8 Å². The van der Waals surface area contributed by atoms with E-state index in [1.54, 1.807) is 18.3 Å². The number of aryl methyl sites for hydroxylation is 2. The molecule has 1 aliphatic heterocycles. The third kappa shape index (κ3) is 4.14. The van der Waals surface area contributed by atoms with Crippen molar-refractivity contribution in [2.75, 3.05) is 19.8 Å². The van der Waals surface area contributed by atoms with Gasteiger partial charge in [-0.15, -0.1) is 11.3 Å². The van der Waals surface area contributed by atoms with Crippen LogP contribution in [0.4, 0.5) is 0 Å². The van der Waals surface area contributed by atoms with E-state index in [4.69, 9.17) is 13.9 Å². The van der Waals surface area contributed by atoms with Crippen molar-refractivity contribution in [3.05, 3.63) is 45.6 Å². The highest BCUT2D eigenvalue weighted by atomic mass is 32.1. The summed E-state index contributed by atoms with van der Waals surface area (Å²) in [7, 11) is 0. The van der Waals surface area contributed by atoms with Gasteiger partial charge in [0, 0.05) is 24.8 Å². The van der Waals surface area contributed by atoms with Gasteiger partial charge in [-0.2, -0.15) is 0 Å². The Labute approximate surface area is 172 Å². The van der Waals surface area contributed by atoms with Gasteiger partial charge in [-0.1, -0.05) is 0 Å². The molecule has 3 aromatic rings. The summed E-state index contributed by atoms with van der Waals surface area (Å²) in [5.74, 6) is 0.932. The maximum atomic E-state index is 13.1. The molecule has 1 aliphatic rings. The first kappa shape index (κ1) is 19.9. The highest BCUT2D eigenvalue weighted by molar-refractivity contribution is 7.11. The van der Waals surface area contributed by atoms with E-state index in [1.807, 2.05) is 31.3 Å². The fourth-order valence-corrected chi connectivity index (χ4v) is 4.29. The van der Waals surface area contributed by atoms with E-state index in [0.717, 1.165) is 9.88 Å². The zero-order valence-electron chi connectivity index (χ0n) is 16.5. The fourth-order valence-electron chi connectivity index (χ4n) is 3.59. The van der Waals surface area contributed by atoms with Crippen molar-refractivity contribution in [3.8, 4) is 5.75 Å². The third-order valence-electron chi connectivity index (χ3n) is 5.24. The van der Waals surface area contributed by atoms with Gasteiger partial charge in [0.15, 0.2) is 0 Å². The first-order valence-electron chi connectivity index (χ1n) is 9.58. The Kier molecular flexibility index (Phi) is 5.58. The molecule has 8 heteroatoms. The number of nitrogens with zero attached hydrogens (tertiary/aromatic N) is 1. The second kappa shape index (κ2) is 8.14. The molecule has 7 nitrogen and oxygen atoms in total. The number of fused-ring (bicyclic) bond motifs is 1. The number of thiazole rings is 1. The van der Waals surface area contributed by atoms with Gasteiger partial charge in [-0.05, 0) is 44.9 Å². The number of carbonyl (C=O) groups is 1.